The number of β-amino-alcohol motifs (C(OH)–C–C–N with tert-alkyl or cyclic N) is 1. The quantitative estimate of drug-likeness (QED) is 0.771. The van der Waals surface area contributed by atoms with Crippen LogP contribution >= 0.6 is 0 Å². The van der Waals surface area contributed by atoms with E-state index in [1.54, 1.807) is 29.2 Å². The first kappa shape index (κ1) is 14.7. The molecule has 1 aromatic carbocycles. The molecule has 20 heavy (non-hydrogen) atoms. The van der Waals surface area contributed by atoms with Crippen LogP contribution < -0.4 is 10.5 Å². The van der Waals surface area contributed by atoms with E-state index in [2.05, 4.69) is 0 Å². The SMILES string of the molecule is CCCC1(O)CN(C(=O)CCOc2ccc(N)cc2)C1. The summed E-state index contributed by atoms with van der Waals surface area (Å²) in [4.78, 5) is 13.6. The smallest absolute Gasteiger partial charge is 0.226 e. The van der Waals surface area contributed by atoms with E-state index in [9.17, 15) is 9.90 Å². The topological polar surface area (TPSA) is 75.8 Å². The highest BCUT2D eigenvalue weighted by atomic mass is 16.5. The number of benzene rings is 1. The number of carbonyl (C=O) groups is 1. The molecule has 0 aliphatic carbocycles. The predicted octanol–water partition coefficient (Wildman–Crippen LogP) is 1.41. The van der Waals surface area contributed by atoms with Crippen LogP contribution in [0.2, 0.25) is 0 Å². The molecule has 0 saturated carbocycles. The second-order valence-corrected chi connectivity index (χ2v) is 5.39. The lowest BCUT2D eigenvalue weighted by Crippen LogP contribution is -2.63. The van der Waals surface area contributed by atoms with E-state index in [1.165, 1.54) is 0 Å². The number of anilines is 1. The van der Waals surface area contributed by atoms with E-state index < -0.39 is 5.60 Å². The Balaban J connectivity index is 1.68. The van der Waals surface area contributed by atoms with E-state index in [4.69, 9.17) is 10.5 Å². The van der Waals surface area contributed by atoms with Gasteiger partial charge in [0.1, 0.15) is 5.75 Å². The summed E-state index contributed by atoms with van der Waals surface area (Å²) >= 11 is 0. The first-order valence-electron chi connectivity index (χ1n) is 7.01. The third-order valence-corrected chi connectivity index (χ3v) is 3.50. The maximum atomic E-state index is 11.9. The van der Waals surface area contributed by atoms with Crippen molar-refractivity contribution in [3.63, 3.8) is 0 Å². The molecule has 1 amide bonds. The average molecular weight is 278 g/mol. The van der Waals surface area contributed by atoms with Gasteiger partial charge in [0.2, 0.25) is 5.91 Å². The van der Waals surface area contributed by atoms with Gasteiger partial charge in [0.25, 0.3) is 0 Å². The first-order valence-corrected chi connectivity index (χ1v) is 7.01. The van der Waals surface area contributed by atoms with Crippen LogP contribution in [0.1, 0.15) is 26.2 Å². The summed E-state index contributed by atoms with van der Waals surface area (Å²) in [7, 11) is 0. The molecule has 5 heteroatoms. The molecule has 0 aromatic heterocycles. The highest BCUT2D eigenvalue weighted by molar-refractivity contribution is 5.77. The number of rotatable bonds is 6. The summed E-state index contributed by atoms with van der Waals surface area (Å²) in [5, 5.41) is 10.0. The number of hydrogen-bond acceptors (Lipinski definition) is 4. The third-order valence-electron chi connectivity index (χ3n) is 3.50. The summed E-state index contributed by atoms with van der Waals surface area (Å²) in [6, 6.07) is 7.09. The van der Waals surface area contributed by atoms with Gasteiger partial charge in [-0.2, -0.15) is 0 Å². The maximum absolute atomic E-state index is 11.9. The number of hydrogen-bond donors (Lipinski definition) is 2. The predicted molar refractivity (Wildman–Crippen MR) is 77.4 cm³/mol. The molecule has 1 heterocycles. The van der Waals surface area contributed by atoms with Gasteiger partial charge < -0.3 is 20.5 Å². The van der Waals surface area contributed by atoms with E-state index in [0.717, 1.165) is 12.8 Å². The second-order valence-electron chi connectivity index (χ2n) is 5.39. The molecule has 0 spiro atoms. The number of nitrogens with zero attached hydrogens (tertiary/aromatic N) is 1. The number of nitrogens with two attached hydrogens (primary N) is 1. The second kappa shape index (κ2) is 6.13. The van der Waals surface area contributed by atoms with Gasteiger partial charge in [-0.05, 0) is 30.7 Å². The summed E-state index contributed by atoms with van der Waals surface area (Å²) in [6.07, 6.45) is 2.00. The van der Waals surface area contributed by atoms with Crippen LogP contribution in [0.25, 0.3) is 0 Å². The molecule has 0 radical (unpaired) electrons. The van der Waals surface area contributed by atoms with Crippen LogP contribution in [0.15, 0.2) is 24.3 Å². The average Bonchev–Trinajstić information content (AvgIpc) is 2.38. The molecule has 1 aliphatic heterocycles. The van der Waals surface area contributed by atoms with Gasteiger partial charge in [0.05, 0.1) is 31.7 Å². The number of carbonyl (C=O) groups excluding carboxylic acids is 1. The molecule has 2 rings (SSSR count). The Morgan fingerprint density at radius 1 is 1.40 bits per heavy atom. The maximum Gasteiger partial charge on any atom is 0.226 e. The molecule has 3 N–H and O–H groups in total. The lowest BCUT2D eigenvalue weighted by molar-refractivity contribution is -0.157. The summed E-state index contributed by atoms with van der Waals surface area (Å²) in [5.74, 6) is 0.735. The van der Waals surface area contributed by atoms with Gasteiger partial charge in [-0.15, -0.1) is 0 Å². The van der Waals surface area contributed by atoms with Gasteiger partial charge in [0, 0.05) is 5.69 Å². The summed E-state index contributed by atoms with van der Waals surface area (Å²) < 4.78 is 5.48. The molecule has 0 bridgehead atoms. The highest BCUT2D eigenvalue weighted by Crippen LogP contribution is 2.26. The molecule has 0 atom stereocenters. The largest absolute Gasteiger partial charge is 0.493 e. The van der Waals surface area contributed by atoms with E-state index in [-0.39, 0.29) is 5.91 Å². The monoisotopic (exact) mass is 278 g/mol. The Kier molecular flexibility index (Phi) is 4.49. The molecular weight excluding hydrogens is 256 g/mol. The number of amides is 1. The Morgan fingerprint density at radius 3 is 2.65 bits per heavy atom. The normalized spacial score (nSPS) is 16.6. The lowest BCUT2D eigenvalue weighted by Gasteiger charge is -2.46. The Morgan fingerprint density at radius 2 is 2.05 bits per heavy atom. The fourth-order valence-corrected chi connectivity index (χ4v) is 2.44. The van der Waals surface area contributed by atoms with E-state index >= 15 is 0 Å². The fraction of sp³-hybridized carbons (Fsp3) is 0.533. The number of aliphatic hydroxyl groups is 1. The van der Waals surface area contributed by atoms with Gasteiger partial charge in [-0.25, -0.2) is 0 Å². The Labute approximate surface area is 119 Å². The van der Waals surface area contributed by atoms with Crippen molar-refractivity contribution in [3.8, 4) is 5.75 Å². The van der Waals surface area contributed by atoms with Crippen molar-refractivity contribution in [1.82, 2.24) is 4.90 Å². The van der Waals surface area contributed by atoms with Gasteiger partial charge >= 0.3 is 0 Å². The third kappa shape index (κ3) is 3.63. The van der Waals surface area contributed by atoms with Crippen molar-refractivity contribution in [2.75, 3.05) is 25.4 Å². The van der Waals surface area contributed by atoms with Crippen molar-refractivity contribution in [2.45, 2.75) is 31.8 Å². The van der Waals surface area contributed by atoms with Crippen LogP contribution in [0.3, 0.4) is 0 Å². The van der Waals surface area contributed by atoms with Crippen molar-refractivity contribution < 1.29 is 14.6 Å². The molecule has 1 fully saturated rings. The Hall–Kier alpha value is -1.75. The fourth-order valence-electron chi connectivity index (χ4n) is 2.44. The van der Waals surface area contributed by atoms with Crippen LogP contribution in [0.4, 0.5) is 5.69 Å². The van der Waals surface area contributed by atoms with Crippen LogP contribution in [-0.4, -0.2) is 41.2 Å². The summed E-state index contributed by atoms with van der Waals surface area (Å²) in [5.41, 5.74) is 5.60. The number of ether oxygens (including phenoxy) is 1. The highest BCUT2D eigenvalue weighted by Gasteiger charge is 2.42. The van der Waals surface area contributed by atoms with Gasteiger partial charge in [-0.1, -0.05) is 13.3 Å². The van der Waals surface area contributed by atoms with Crippen molar-refractivity contribution in [3.05, 3.63) is 24.3 Å². The minimum Gasteiger partial charge on any atom is -0.493 e. The number of nitrogen functional groups attached to an aromatic ring is 1. The Bertz CT molecular complexity index is 453. The van der Waals surface area contributed by atoms with Crippen LogP contribution in [0.5, 0.6) is 5.75 Å². The molecule has 1 aliphatic rings. The minimum atomic E-state index is -0.664. The zero-order chi connectivity index (χ0) is 14.6. The molecule has 0 unspecified atom stereocenters. The zero-order valence-electron chi connectivity index (χ0n) is 11.8. The molecule has 110 valence electrons. The molecular formula is C15H22N2O3. The minimum absolute atomic E-state index is 0.0289. The molecule has 1 saturated heterocycles. The lowest BCUT2D eigenvalue weighted by atomic mass is 9.89. The van der Waals surface area contributed by atoms with Gasteiger partial charge in [-0.3, -0.25) is 4.79 Å². The van der Waals surface area contributed by atoms with E-state index in [0.29, 0.717) is 37.6 Å². The van der Waals surface area contributed by atoms with Crippen molar-refractivity contribution >= 4 is 11.6 Å². The first-order chi connectivity index (χ1) is 9.52. The van der Waals surface area contributed by atoms with E-state index in [1.807, 2.05) is 6.92 Å². The molecule has 5 nitrogen and oxygen atoms in total. The summed E-state index contributed by atoms with van der Waals surface area (Å²) in [6.45, 7) is 3.26. The standard InChI is InChI=1S/C15H22N2O3/c1-2-8-15(19)10-17(11-15)14(18)7-9-20-13-5-3-12(16)4-6-13/h3-6,19H,2,7-11,16H2,1H3. The van der Waals surface area contributed by atoms with Gasteiger partial charge in [0.15, 0.2) is 0 Å². The van der Waals surface area contributed by atoms with Crippen molar-refractivity contribution in [1.29, 1.82) is 0 Å². The molecule has 1 aromatic rings. The van der Waals surface area contributed by atoms with Crippen LogP contribution in [0, 0.1) is 0 Å². The van der Waals surface area contributed by atoms with Crippen LogP contribution in [-0.2, 0) is 4.79 Å². The zero-order valence-corrected chi connectivity index (χ0v) is 11.8. The van der Waals surface area contributed by atoms with Crippen molar-refractivity contribution in [2.24, 2.45) is 0 Å². The number of likely N-dealkylation sites (tertiary alicyclic amines) is 1.